The van der Waals surface area contributed by atoms with E-state index in [9.17, 15) is 0 Å². The maximum atomic E-state index is 5.42. The third kappa shape index (κ3) is 1.18. The smallest absolute Gasteiger partial charge is 0.243 e. The molecule has 0 bridgehead atoms. The molecule has 0 spiro atoms. The highest BCUT2D eigenvalue weighted by Crippen LogP contribution is 2.39. The fourth-order valence-electron chi connectivity index (χ4n) is 1.65. The number of furan rings is 1. The molecule has 0 N–H and O–H groups in total. The maximum absolute atomic E-state index is 5.42. The van der Waals surface area contributed by atoms with Crippen LogP contribution in [-0.2, 0) is 5.66 Å². The fraction of sp³-hybridized carbons (Fsp3) is 0.0909. The number of hydrogen-bond donors (Lipinski definition) is 0. The van der Waals surface area contributed by atoms with Crippen molar-refractivity contribution in [1.29, 1.82) is 0 Å². The van der Waals surface area contributed by atoms with Gasteiger partial charge in [0, 0.05) is 12.4 Å². The molecule has 2 aromatic heterocycles. The molecule has 3 nitrogen and oxygen atoms in total. The average molecular weight is 216 g/mol. The van der Waals surface area contributed by atoms with Gasteiger partial charge in [0.2, 0.25) is 5.66 Å². The van der Waals surface area contributed by atoms with Crippen LogP contribution in [0.4, 0.5) is 0 Å². The van der Waals surface area contributed by atoms with Crippen LogP contribution in [0, 0.1) is 0 Å². The van der Waals surface area contributed by atoms with Crippen LogP contribution in [0.2, 0.25) is 0 Å². The third-order valence-corrected chi connectivity index (χ3v) is 3.29. The van der Waals surface area contributed by atoms with Gasteiger partial charge in [-0.2, -0.15) is 0 Å². The van der Waals surface area contributed by atoms with Crippen molar-refractivity contribution in [2.75, 3.05) is 0 Å². The zero-order chi connectivity index (χ0) is 10.1. The summed E-state index contributed by atoms with van der Waals surface area (Å²) in [7, 11) is 0. The molecule has 0 radical (unpaired) electrons. The maximum Gasteiger partial charge on any atom is 0.243 e. The van der Waals surface area contributed by atoms with Gasteiger partial charge in [-0.3, -0.25) is 0 Å². The Hall–Kier alpha value is -1.68. The van der Waals surface area contributed by atoms with Gasteiger partial charge in [0.15, 0.2) is 5.76 Å². The van der Waals surface area contributed by atoms with Crippen molar-refractivity contribution >= 4 is 23.8 Å². The van der Waals surface area contributed by atoms with Crippen LogP contribution in [0.3, 0.4) is 0 Å². The van der Waals surface area contributed by atoms with Crippen LogP contribution in [0.5, 0.6) is 0 Å². The summed E-state index contributed by atoms with van der Waals surface area (Å²) in [6.07, 6.45) is 5.07. The first-order chi connectivity index (χ1) is 7.42. The highest BCUT2D eigenvalue weighted by atomic mass is 32.1. The molecule has 2 aromatic rings. The van der Waals surface area contributed by atoms with Gasteiger partial charge in [0.05, 0.1) is 11.1 Å². The van der Waals surface area contributed by atoms with Crippen LogP contribution in [0.25, 0.3) is 0 Å². The van der Waals surface area contributed by atoms with E-state index in [1.165, 1.54) is 0 Å². The Balaban J connectivity index is 2.20. The summed E-state index contributed by atoms with van der Waals surface area (Å²) in [5.74, 6) is 0.759. The summed E-state index contributed by atoms with van der Waals surface area (Å²) in [6, 6.07) is 7.77. The Morgan fingerprint density at radius 3 is 2.60 bits per heavy atom. The first kappa shape index (κ1) is 8.61. The van der Waals surface area contributed by atoms with Crippen LogP contribution >= 0.6 is 11.3 Å². The number of nitrogens with zero attached hydrogens (tertiary/aromatic N) is 2. The number of hydrogen-bond acceptors (Lipinski definition) is 4. The van der Waals surface area contributed by atoms with Crippen molar-refractivity contribution in [1.82, 2.24) is 0 Å². The molecule has 0 aliphatic carbocycles. The Bertz CT molecular complexity index is 448. The van der Waals surface area contributed by atoms with E-state index in [1.54, 1.807) is 30.0 Å². The zero-order valence-corrected chi connectivity index (χ0v) is 8.65. The minimum atomic E-state index is -0.669. The summed E-state index contributed by atoms with van der Waals surface area (Å²) in [5, 5.41) is 2.02. The van der Waals surface area contributed by atoms with E-state index in [2.05, 4.69) is 9.98 Å². The Morgan fingerprint density at radius 2 is 2.00 bits per heavy atom. The van der Waals surface area contributed by atoms with Gasteiger partial charge in [-0.15, -0.1) is 11.3 Å². The molecule has 1 aliphatic heterocycles. The lowest BCUT2D eigenvalue weighted by Crippen LogP contribution is -2.18. The van der Waals surface area contributed by atoms with Gasteiger partial charge in [-0.1, -0.05) is 6.07 Å². The lowest BCUT2D eigenvalue weighted by Gasteiger charge is -2.18. The van der Waals surface area contributed by atoms with Gasteiger partial charge in [-0.05, 0) is 23.6 Å². The van der Waals surface area contributed by atoms with Crippen molar-refractivity contribution in [3.8, 4) is 0 Å². The number of thiophene rings is 1. The molecule has 0 saturated carbocycles. The van der Waals surface area contributed by atoms with E-state index < -0.39 is 5.66 Å². The fourth-order valence-corrected chi connectivity index (χ4v) is 2.48. The first-order valence-corrected chi connectivity index (χ1v) is 5.47. The average Bonchev–Trinajstić information content (AvgIpc) is 3.02. The van der Waals surface area contributed by atoms with Gasteiger partial charge in [0.1, 0.15) is 0 Å². The molecule has 0 atom stereocenters. The molecule has 4 heteroatoms. The minimum absolute atomic E-state index is 0.669. The summed E-state index contributed by atoms with van der Waals surface area (Å²) in [5.41, 5.74) is -0.669. The monoisotopic (exact) mass is 216 g/mol. The van der Waals surface area contributed by atoms with Gasteiger partial charge in [0.25, 0.3) is 0 Å². The molecular weight excluding hydrogens is 208 g/mol. The highest BCUT2D eigenvalue weighted by molar-refractivity contribution is 7.10. The molecule has 0 unspecified atom stereocenters. The van der Waals surface area contributed by atoms with Gasteiger partial charge >= 0.3 is 0 Å². The van der Waals surface area contributed by atoms with Gasteiger partial charge in [-0.25, -0.2) is 9.98 Å². The predicted molar refractivity (Wildman–Crippen MR) is 60.8 cm³/mol. The lowest BCUT2D eigenvalue weighted by atomic mass is 10.1. The SMILES string of the molecule is C1=NC(c2ccco2)(c2cccs2)N=C1. The van der Waals surface area contributed by atoms with Gasteiger partial charge < -0.3 is 4.42 Å². The van der Waals surface area contributed by atoms with E-state index in [-0.39, 0.29) is 0 Å². The van der Waals surface area contributed by atoms with Crippen LogP contribution in [-0.4, -0.2) is 12.4 Å². The third-order valence-electron chi connectivity index (χ3n) is 2.32. The van der Waals surface area contributed by atoms with E-state index in [0.717, 1.165) is 10.6 Å². The van der Waals surface area contributed by atoms with Crippen LogP contribution in [0.1, 0.15) is 10.6 Å². The van der Waals surface area contributed by atoms with Crippen molar-refractivity contribution < 1.29 is 4.42 Å². The van der Waals surface area contributed by atoms with Crippen molar-refractivity contribution in [3.05, 3.63) is 46.5 Å². The van der Waals surface area contributed by atoms with E-state index >= 15 is 0 Å². The second-order valence-electron chi connectivity index (χ2n) is 3.18. The quantitative estimate of drug-likeness (QED) is 0.760. The molecule has 0 amide bonds. The lowest BCUT2D eigenvalue weighted by molar-refractivity contribution is 0.417. The van der Waals surface area contributed by atoms with Crippen molar-refractivity contribution in [2.24, 2.45) is 9.98 Å². The zero-order valence-electron chi connectivity index (χ0n) is 7.83. The summed E-state index contributed by atoms with van der Waals surface area (Å²) < 4.78 is 5.42. The topological polar surface area (TPSA) is 37.9 Å². The second kappa shape index (κ2) is 3.17. The standard InChI is InChI=1S/C11H8N2OS/c1-3-9(14-7-1)11(12-5-6-13-11)10-4-2-8-15-10/h1-8H. The molecular formula is C11H8N2OS. The predicted octanol–water partition coefficient (Wildman–Crippen LogP) is 2.70. The Labute approximate surface area is 90.8 Å². The molecule has 0 saturated heterocycles. The molecule has 15 heavy (non-hydrogen) atoms. The molecule has 74 valence electrons. The second-order valence-corrected chi connectivity index (χ2v) is 4.13. The van der Waals surface area contributed by atoms with E-state index in [1.807, 2.05) is 29.6 Å². The molecule has 3 heterocycles. The number of aliphatic imine (C=N–C) groups is 2. The van der Waals surface area contributed by atoms with E-state index in [0.29, 0.717) is 0 Å². The normalized spacial score (nSPS) is 17.3. The summed E-state index contributed by atoms with van der Waals surface area (Å²) in [4.78, 5) is 9.91. The Morgan fingerprint density at radius 1 is 1.13 bits per heavy atom. The summed E-state index contributed by atoms with van der Waals surface area (Å²) in [6.45, 7) is 0. The van der Waals surface area contributed by atoms with Crippen molar-refractivity contribution in [3.63, 3.8) is 0 Å². The van der Waals surface area contributed by atoms with Crippen LogP contribution < -0.4 is 0 Å². The largest absolute Gasteiger partial charge is 0.464 e. The first-order valence-electron chi connectivity index (χ1n) is 4.59. The molecule has 0 aromatic carbocycles. The highest BCUT2D eigenvalue weighted by Gasteiger charge is 2.38. The van der Waals surface area contributed by atoms with Crippen LogP contribution in [0.15, 0.2) is 50.3 Å². The molecule has 0 fully saturated rings. The minimum Gasteiger partial charge on any atom is -0.464 e. The van der Waals surface area contributed by atoms with Crippen molar-refractivity contribution in [2.45, 2.75) is 5.66 Å². The summed E-state index contributed by atoms with van der Waals surface area (Å²) >= 11 is 1.63. The molecule has 3 rings (SSSR count). The number of rotatable bonds is 2. The molecule has 1 aliphatic rings. The Kier molecular flexibility index (Phi) is 1.82. The van der Waals surface area contributed by atoms with E-state index in [4.69, 9.17) is 4.42 Å².